The van der Waals surface area contributed by atoms with E-state index >= 15 is 0 Å². The molecule has 3 nitrogen and oxygen atoms in total. The molecule has 1 heterocycles. The van der Waals surface area contributed by atoms with Crippen molar-refractivity contribution in [3.8, 4) is 0 Å². The minimum absolute atomic E-state index is 0.220. The van der Waals surface area contributed by atoms with Gasteiger partial charge < -0.3 is 0 Å². The van der Waals surface area contributed by atoms with Crippen LogP contribution in [-0.2, 0) is 6.54 Å². The van der Waals surface area contributed by atoms with E-state index in [1.807, 2.05) is 0 Å². The lowest BCUT2D eigenvalue weighted by Crippen LogP contribution is -2.00. The summed E-state index contributed by atoms with van der Waals surface area (Å²) in [6.07, 6.45) is 1.49. The van der Waals surface area contributed by atoms with Crippen LogP contribution in [0.25, 0.3) is 0 Å². The van der Waals surface area contributed by atoms with Crippen LogP contribution in [0.15, 0.2) is 30.5 Å². The summed E-state index contributed by atoms with van der Waals surface area (Å²) in [4.78, 5) is 10.4. The number of aldehydes is 1. The minimum atomic E-state index is -0.655. The van der Waals surface area contributed by atoms with Gasteiger partial charge in [0.05, 0.1) is 12.7 Å². The van der Waals surface area contributed by atoms with Gasteiger partial charge in [0.25, 0.3) is 0 Å². The molecule has 5 heteroatoms. The highest BCUT2D eigenvalue weighted by Crippen LogP contribution is 2.07. The number of aromatic nitrogens is 2. The van der Waals surface area contributed by atoms with Crippen molar-refractivity contribution in [1.82, 2.24) is 9.78 Å². The third kappa shape index (κ3) is 2.13. The van der Waals surface area contributed by atoms with Gasteiger partial charge in [-0.1, -0.05) is 12.1 Å². The highest BCUT2D eigenvalue weighted by molar-refractivity contribution is 5.71. The van der Waals surface area contributed by atoms with E-state index in [9.17, 15) is 13.6 Å². The molecule has 0 aliphatic heterocycles. The molecule has 2 aromatic rings. The fraction of sp³-hybridized carbons (Fsp3) is 0.0909. The molecule has 0 aliphatic rings. The van der Waals surface area contributed by atoms with Gasteiger partial charge in [-0.15, -0.1) is 0 Å². The normalized spacial score (nSPS) is 10.4. The van der Waals surface area contributed by atoms with E-state index in [2.05, 4.69) is 5.10 Å². The predicted molar refractivity (Wildman–Crippen MR) is 53.1 cm³/mol. The second kappa shape index (κ2) is 4.22. The first-order valence-corrected chi connectivity index (χ1v) is 4.61. The first-order chi connectivity index (χ1) is 7.69. The molecule has 1 aromatic carbocycles. The molecular formula is C11H8F2N2O. The topological polar surface area (TPSA) is 34.9 Å². The van der Waals surface area contributed by atoms with Gasteiger partial charge in [0, 0.05) is 0 Å². The van der Waals surface area contributed by atoms with Gasteiger partial charge in [0.15, 0.2) is 17.8 Å². The summed E-state index contributed by atoms with van der Waals surface area (Å²) in [5.74, 6) is -0.985. The molecule has 0 spiro atoms. The Morgan fingerprint density at radius 3 is 2.50 bits per heavy atom. The lowest BCUT2D eigenvalue weighted by atomic mass is 10.2. The Morgan fingerprint density at radius 2 is 1.94 bits per heavy atom. The summed E-state index contributed by atoms with van der Waals surface area (Å²) in [6.45, 7) is 0.297. The van der Waals surface area contributed by atoms with Gasteiger partial charge in [-0.05, 0) is 17.7 Å². The predicted octanol–water partition coefficient (Wildman–Crippen LogP) is 2.02. The molecule has 0 saturated carbocycles. The molecule has 0 bridgehead atoms. The van der Waals surface area contributed by atoms with Crippen molar-refractivity contribution in [3.05, 3.63) is 53.4 Å². The Kier molecular flexibility index (Phi) is 2.76. The maximum atomic E-state index is 13.0. The lowest BCUT2D eigenvalue weighted by molar-refractivity contribution is 0.111. The quantitative estimate of drug-likeness (QED) is 0.744. The Morgan fingerprint density at radius 1 is 1.25 bits per heavy atom. The van der Waals surface area contributed by atoms with E-state index in [0.29, 0.717) is 12.8 Å². The second-order valence-corrected chi connectivity index (χ2v) is 3.30. The van der Waals surface area contributed by atoms with E-state index in [-0.39, 0.29) is 11.5 Å². The van der Waals surface area contributed by atoms with Crippen LogP contribution < -0.4 is 0 Å². The summed E-state index contributed by atoms with van der Waals surface area (Å²) in [5.41, 5.74) is 0.559. The average Bonchev–Trinajstić information content (AvgIpc) is 2.62. The molecule has 0 saturated heterocycles. The zero-order chi connectivity index (χ0) is 11.5. The van der Waals surface area contributed by atoms with Crippen molar-refractivity contribution in [2.45, 2.75) is 6.54 Å². The highest BCUT2D eigenvalue weighted by atomic mass is 19.1. The number of hydrogen-bond acceptors (Lipinski definition) is 2. The van der Waals surface area contributed by atoms with E-state index in [1.165, 1.54) is 16.8 Å². The van der Waals surface area contributed by atoms with Gasteiger partial charge in [-0.25, -0.2) is 8.78 Å². The van der Waals surface area contributed by atoms with Crippen LogP contribution in [-0.4, -0.2) is 16.1 Å². The van der Waals surface area contributed by atoms with E-state index < -0.39 is 5.82 Å². The molecule has 0 fully saturated rings. The van der Waals surface area contributed by atoms with Crippen molar-refractivity contribution in [2.24, 2.45) is 0 Å². The molecule has 0 aliphatic carbocycles. The maximum Gasteiger partial charge on any atom is 0.173 e. The number of carbonyl (C=O) groups excluding carboxylic acids is 1. The first-order valence-electron chi connectivity index (χ1n) is 4.61. The molecule has 1 aromatic heterocycles. The molecular weight excluding hydrogens is 214 g/mol. The second-order valence-electron chi connectivity index (χ2n) is 3.30. The summed E-state index contributed by atoms with van der Waals surface area (Å²) in [7, 11) is 0. The zero-order valence-electron chi connectivity index (χ0n) is 8.23. The van der Waals surface area contributed by atoms with Crippen LogP contribution in [0, 0.1) is 11.6 Å². The van der Waals surface area contributed by atoms with E-state index in [4.69, 9.17) is 0 Å². The molecule has 0 amide bonds. The standard InChI is InChI=1S/C11H8F2N2O/c12-9-3-1-8(2-4-9)5-15-6-10(13)11(7-16)14-15/h1-4,6-7H,5H2. The zero-order valence-corrected chi connectivity index (χ0v) is 8.23. The Hall–Kier alpha value is -2.04. The first kappa shape index (κ1) is 10.5. The number of halogens is 2. The number of benzene rings is 1. The fourth-order valence-electron chi connectivity index (χ4n) is 1.35. The molecule has 0 atom stereocenters. The van der Waals surface area contributed by atoms with Crippen molar-refractivity contribution >= 4 is 6.29 Å². The molecule has 82 valence electrons. The van der Waals surface area contributed by atoms with Gasteiger partial charge in [-0.3, -0.25) is 9.48 Å². The Labute approximate surface area is 90.3 Å². The van der Waals surface area contributed by atoms with Crippen LogP contribution in [0.1, 0.15) is 16.1 Å². The largest absolute Gasteiger partial charge is 0.296 e. The summed E-state index contributed by atoms with van der Waals surface area (Å²) in [5, 5.41) is 3.73. The number of nitrogens with zero attached hydrogens (tertiary/aromatic N) is 2. The molecule has 0 unspecified atom stereocenters. The number of rotatable bonds is 3. The third-order valence-electron chi connectivity index (χ3n) is 2.11. The highest BCUT2D eigenvalue weighted by Gasteiger charge is 2.07. The van der Waals surface area contributed by atoms with E-state index in [0.717, 1.165) is 11.8 Å². The van der Waals surface area contributed by atoms with Gasteiger partial charge in [-0.2, -0.15) is 5.10 Å². The lowest BCUT2D eigenvalue weighted by Gasteiger charge is -2.00. The summed E-state index contributed by atoms with van der Waals surface area (Å²) in [6, 6.07) is 5.79. The third-order valence-corrected chi connectivity index (χ3v) is 2.11. The minimum Gasteiger partial charge on any atom is -0.296 e. The molecule has 0 N–H and O–H groups in total. The molecule has 16 heavy (non-hydrogen) atoms. The smallest absolute Gasteiger partial charge is 0.173 e. The van der Waals surface area contributed by atoms with Crippen molar-refractivity contribution < 1.29 is 13.6 Å². The van der Waals surface area contributed by atoms with Crippen LogP contribution in [0.4, 0.5) is 8.78 Å². The summed E-state index contributed by atoms with van der Waals surface area (Å²) >= 11 is 0. The molecule has 0 radical (unpaired) electrons. The maximum absolute atomic E-state index is 13.0. The van der Waals surface area contributed by atoms with Crippen molar-refractivity contribution in [2.75, 3.05) is 0 Å². The summed E-state index contributed by atoms with van der Waals surface area (Å²) < 4.78 is 26.9. The van der Waals surface area contributed by atoms with Crippen LogP contribution in [0.5, 0.6) is 0 Å². The van der Waals surface area contributed by atoms with Gasteiger partial charge in [0.1, 0.15) is 5.82 Å². The van der Waals surface area contributed by atoms with Crippen LogP contribution in [0.3, 0.4) is 0 Å². The number of carbonyl (C=O) groups is 1. The fourth-order valence-corrected chi connectivity index (χ4v) is 1.35. The van der Waals surface area contributed by atoms with E-state index in [1.54, 1.807) is 12.1 Å². The Balaban J connectivity index is 2.20. The van der Waals surface area contributed by atoms with Crippen LogP contribution in [0.2, 0.25) is 0 Å². The van der Waals surface area contributed by atoms with Gasteiger partial charge >= 0.3 is 0 Å². The Bertz CT molecular complexity index is 505. The van der Waals surface area contributed by atoms with Crippen molar-refractivity contribution in [3.63, 3.8) is 0 Å². The average molecular weight is 222 g/mol. The SMILES string of the molecule is O=Cc1nn(Cc2ccc(F)cc2)cc1F. The molecule has 2 rings (SSSR count). The monoisotopic (exact) mass is 222 g/mol. The van der Waals surface area contributed by atoms with Crippen LogP contribution >= 0.6 is 0 Å². The van der Waals surface area contributed by atoms with Crippen molar-refractivity contribution in [1.29, 1.82) is 0 Å². The van der Waals surface area contributed by atoms with Gasteiger partial charge in [0.2, 0.25) is 0 Å². The number of hydrogen-bond donors (Lipinski definition) is 0.